The van der Waals surface area contributed by atoms with Crippen LogP contribution in [0.1, 0.15) is 59.3 Å². The molecule has 0 radical (unpaired) electrons. The van der Waals surface area contributed by atoms with Crippen molar-refractivity contribution in [3.63, 3.8) is 0 Å². The minimum atomic E-state index is -0.514. The molecule has 4 rings (SSSR count). The molecule has 0 heterocycles. The van der Waals surface area contributed by atoms with Gasteiger partial charge in [-0.1, -0.05) is 44.9 Å². The van der Waals surface area contributed by atoms with Gasteiger partial charge in [-0.05, 0) is 54.4 Å². The molecule has 2 fully saturated rings. The molecule has 0 aromatic carbocycles. The first-order valence-electron chi connectivity index (χ1n) is 8.91. The van der Waals surface area contributed by atoms with Crippen molar-refractivity contribution in [2.45, 2.75) is 65.4 Å². The quantitative estimate of drug-likeness (QED) is 0.541. The summed E-state index contributed by atoms with van der Waals surface area (Å²) in [4.78, 5) is 12.7. The van der Waals surface area contributed by atoms with E-state index in [0.717, 1.165) is 12.8 Å². The van der Waals surface area contributed by atoms with Crippen LogP contribution in [0.3, 0.4) is 0 Å². The monoisotopic (exact) mass is 300 g/mol. The highest BCUT2D eigenvalue weighted by Gasteiger charge is 2.59. The molecule has 2 nitrogen and oxygen atoms in total. The van der Waals surface area contributed by atoms with Crippen LogP contribution >= 0.6 is 0 Å². The van der Waals surface area contributed by atoms with Crippen LogP contribution in [0.5, 0.6) is 0 Å². The maximum atomic E-state index is 12.7. The SMILES string of the molecule is C=C1C(=O)[C@H]2C3=C(CC[C@H]4C(C)(C)CCC[C@]34C)C[C@@H]1[C@H]2O. The predicted octanol–water partition coefficient (Wildman–Crippen LogP) is 4.05. The first-order valence-corrected chi connectivity index (χ1v) is 8.91. The van der Waals surface area contributed by atoms with E-state index in [4.69, 9.17) is 0 Å². The van der Waals surface area contributed by atoms with Gasteiger partial charge in [-0.15, -0.1) is 0 Å². The molecule has 22 heavy (non-hydrogen) atoms. The Morgan fingerprint density at radius 1 is 1.23 bits per heavy atom. The van der Waals surface area contributed by atoms with Gasteiger partial charge in [0.05, 0.1) is 12.0 Å². The molecule has 4 aliphatic rings. The zero-order chi connectivity index (χ0) is 15.9. The van der Waals surface area contributed by atoms with Gasteiger partial charge in [0.15, 0.2) is 5.78 Å². The zero-order valence-corrected chi connectivity index (χ0v) is 14.1. The average Bonchev–Trinajstić information content (AvgIpc) is 2.57. The first-order chi connectivity index (χ1) is 10.3. The van der Waals surface area contributed by atoms with Crippen molar-refractivity contribution in [3.05, 3.63) is 23.3 Å². The van der Waals surface area contributed by atoms with Gasteiger partial charge in [-0.2, -0.15) is 0 Å². The molecule has 120 valence electrons. The number of aliphatic hydroxyl groups is 1. The van der Waals surface area contributed by atoms with Gasteiger partial charge in [0, 0.05) is 5.92 Å². The molecule has 0 saturated heterocycles. The van der Waals surface area contributed by atoms with Crippen LogP contribution in [0.4, 0.5) is 0 Å². The van der Waals surface area contributed by atoms with Crippen LogP contribution in [0.15, 0.2) is 23.3 Å². The van der Waals surface area contributed by atoms with E-state index in [1.165, 1.54) is 36.8 Å². The summed E-state index contributed by atoms with van der Waals surface area (Å²) >= 11 is 0. The summed E-state index contributed by atoms with van der Waals surface area (Å²) in [6.45, 7) is 11.2. The number of carbonyl (C=O) groups is 1. The van der Waals surface area contributed by atoms with E-state index in [1.54, 1.807) is 0 Å². The zero-order valence-electron chi connectivity index (χ0n) is 14.1. The molecule has 0 amide bonds. The molecule has 0 unspecified atom stereocenters. The maximum Gasteiger partial charge on any atom is 0.168 e. The summed E-state index contributed by atoms with van der Waals surface area (Å²) in [7, 11) is 0. The second kappa shape index (κ2) is 4.35. The molecule has 5 atom stereocenters. The van der Waals surface area contributed by atoms with E-state index >= 15 is 0 Å². The van der Waals surface area contributed by atoms with Crippen molar-refractivity contribution in [3.8, 4) is 0 Å². The van der Waals surface area contributed by atoms with Crippen LogP contribution in [0.2, 0.25) is 0 Å². The lowest BCUT2D eigenvalue weighted by atomic mass is 9.47. The Balaban J connectivity index is 1.86. The van der Waals surface area contributed by atoms with Gasteiger partial charge in [-0.25, -0.2) is 0 Å². The highest BCUT2D eigenvalue weighted by Crippen LogP contribution is 2.64. The van der Waals surface area contributed by atoms with Crippen molar-refractivity contribution in [1.82, 2.24) is 0 Å². The third kappa shape index (κ3) is 1.62. The lowest BCUT2D eigenvalue weighted by Crippen LogP contribution is -2.50. The Morgan fingerprint density at radius 2 is 1.95 bits per heavy atom. The highest BCUT2D eigenvalue weighted by molar-refractivity contribution is 6.03. The fourth-order valence-electron chi connectivity index (χ4n) is 6.59. The number of carbonyl (C=O) groups excluding carboxylic acids is 1. The van der Waals surface area contributed by atoms with Gasteiger partial charge >= 0.3 is 0 Å². The van der Waals surface area contributed by atoms with Gasteiger partial charge < -0.3 is 5.11 Å². The molecular weight excluding hydrogens is 272 g/mol. The second-order valence-corrected chi connectivity index (χ2v) is 9.04. The van der Waals surface area contributed by atoms with Crippen molar-refractivity contribution in [1.29, 1.82) is 0 Å². The van der Waals surface area contributed by atoms with E-state index in [-0.39, 0.29) is 23.0 Å². The maximum absolute atomic E-state index is 12.7. The van der Waals surface area contributed by atoms with Crippen LogP contribution in [-0.2, 0) is 4.79 Å². The Hall–Kier alpha value is -0.890. The topological polar surface area (TPSA) is 37.3 Å². The van der Waals surface area contributed by atoms with E-state index in [9.17, 15) is 9.90 Å². The number of hydrogen-bond donors (Lipinski definition) is 1. The van der Waals surface area contributed by atoms with Crippen LogP contribution < -0.4 is 0 Å². The minimum Gasteiger partial charge on any atom is -0.391 e. The summed E-state index contributed by atoms with van der Waals surface area (Å²) < 4.78 is 0. The summed E-state index contributed by atoms with van der Waals surface area (Å²) in [5, 5.41) is 10.7. The van der Waals surface area contributed by atoms with Gasteiger partial charge in [0.25, 0.3) is 0 Å². The third-order valence-electron chi connectivity index (χ3n) is 7.54. The fraction of sp³-hybridized carbons (Fsp3) is 0.750. The first kappa shape index (κ1) is 14.7. The molecule has 0 spiro atoms. The third-order valence-corrected chi connectivity index (χ3v) is 7.54. The van der Waals surface area contributed by atoms with E-state index in [2.05, 4.69) is 27.4 Å². The molecule has 0 aromatic rings. The molecular formula is C20H28O2. The highest BCUT2D eigenvalue weighted by atomic mass is 16.3. The predicted molar refractivity (Wildman–Crippen MR) is 87.2 cm³/mol. The van der Waals surface area contributed by atoms with Gasteiger partial charge in [-0.3, -0.25) is 4.79 Å². The fourth-order valence-corrected chi connectivity index (χ4v) is 6.59. The molecule has 2 bridgehead atoms. The Bertz CT molecular complexity index is 597. The summed E-state index contributed by atoms with van der Waals surface area (Å²) in [5.74, 6) is 0.488. The molecule has 2 saturated carbocycles. The van der Waals surface area contributed by atoms with Gasteiger partial charge in [0.1, 0.15) is 0 Å². The van der Waals surface area contributed by atoms with Crippen LogP contribution in [0, 0.1) is 28.6 Å². The number of fused-ring (bicyclic) bond motifs is 5. The number of hydrogen-bond acceptors (Lipinski definition) is 2. The van der Waals surface area contributed by atoms with Crippen molar-refractivity contribution >= 4 is 5.78 Å². The molecule has 2 heteroatoms. The summed E-state index contributed by atoms with van der Waals surface area (Å²) in [5.41, 5.74) is 3.95. The Morgan fingerprint density at radius 3 is 2.68 bits per heavy atom. The van der Waals surface area contributed by atoms with Crippen molar-refractivity contribution < 1.29 is 9.90 Å². The second-order valence-electron chi connectivity index (χ2n) is 9.04. The molecule has 0 aromatic heterocycles. The van der Waals surface area contributed by atoms with E-state index in [1.807, 2.05) is 0 Å². The van der Waals surface area contributed by atoms with E-state index in [0.29, 0.717) is 16.9 Å². The summed E-state index contributed by atoms with van der Waals surface area (Å²) in [6.07, 6.45) is 6.43. The smallest absolute Gasteiger partial charge is 0.168 e. The lowest BCUT2D eigenvalue weighted by molar-refractivity contribution is -0.119. The number of Topliss-reactive ketones (excluding diaryl/α,β-unsaturated/α-hetero) is 1. The lowest BCUT2D eigenvalue weighted by Gasteiger charge is -2.57. The minimum absolute atomic E-state index is 0.00648. The number of ketones is 1. The summed E-state index contributed by atoms with van der Waals surface area (Å²) in [6, 6.07) is 0. The standard InChI is InChI=1S/C20H28O2/c1-11-13-10-12-6-7-14-19(2,3)8-5-9-20(14,4)16(12)15(17(11)21)18(13)22/h13-15,18,22H,1,5-10H2,2-4H3/t13-,14-,15+,18+,20-/m0/s1. The Labute approximate surface area is 133 Å². The molecule has 0 aliphatic heterocycles. The molecule has 4 aliphatic carbocycles. The average molecular weight is 300 g/mol. The van der Waals surface area contributed by atoms with Gasteiger partial charge in [0.2, 0.25) is 0 Å². The van der Waals surface area contributed by atoms with Crippen LogP contribution in [-0.4, -0.2) is 17.0 Å². The number of rotatable bonds is 0. The molecule has 1 N–H and O–H groups in total. The van der Waals surface area contributed by atoms with E-state index < -0.39 is 6.10 Å². The number of aliphatic hydroxyl groups excluding tert-OH is 1. The largest absolute Gasteiger partial charge is 0.391 e. The van der Waals surface area contributed by atoms with Crippen LogP contribution in [0.25, 0.3) is 0 Å². The normalized spacial score (nSPS) is 46.5. The van der Waals surface area contributed by atoms with Crippen molar-refractivity contribution in [2.24, 2.45) is 28.6 Å². The Kier molecular flexibility index (Phi) is 2.90. The number of allylic oxidation sites excluding steroid dienone is 1. The van der Waals surface area contributed by atoms with Crippen molar-refractivity contribution in [2.75, 3.05) is 0 Å².